The van der Waals surface area contributed by atoms with Crippen molar-refractivity contribution >= 4 is 22.9 Å². The summed E-state index contributed by atoms with van der Waals surface area (Å²) < 4.78 is 2.02. The fourth-order valence-corrected chi connectivity index (χ4v) is 2.87. The molecule has 3 rings (SSSR count). The van der Waals surface area contributed by atoms with Gasteiger partial charge in [-0.05, 0) is 45.0 Å². The van der Waals surface area contributed by atoms with Crippen molar-refractivity contribution in [3.8, 4) is 5.69 Å². The highest BCUT2D eigenvalue weighted by molar-refractivity contribution is 7.12. The maximum Gasteiger partial charge on any atom is 0.267 e. The Kier molecular flexibility index (Phi) is 3.77. The van der Waals surface area contributed by atoms with Crippen LogP contribution in [-0.4, -0.2) is 20.4 Å². The third kappa shape index (κ3) is 2.65. The largest absolute Gasteiger partial charge is 0.321 e. The van der Waals surface area contributed by atoms with Gasteiger partial charge in [-0.15, -0.1) is 11.3 Å². The first-order valence-electron chi connectivity index (χ1n) is 6.88. The van der Waals surface area contributed by atoms with Gasteiger partial charge in [-0.3, -0.25) is 4.79 Å². The molecule has 0 spiro atoms. The van der Waals surface area contributed by atoms with Gasteiger partial charge in [0.2, 0.25) is 0 Å². The van der Waals surface area contributed by atoms with E-state index in [0.717, 1.165) is 28.5 Å². The first kappa shape index (κ1) is 14.5. The molecular formula is C16H16N4OS. The molecule has 6 heteroatoms. The molecule has 0 unspecified atom stereocenters. The van der Waals surface area contributed by atoms with E-state index in [2.05, 4.69) is 15.3 Å². The summed E-state index contributed by atoms with van der Waals surface area (Å²) in [6.45, 7) is 5.85. The van der Waals surface area contributed by atoms with Crippen molar-refractivity contribution in [2.24, 2.45) is 0 Å². The van der Waals surface area contributed by atoms with Crippen LogP contribution in [0.15, 0.2) is 36.1 Å². The molecule has 0 saturated heterocycles. The molecule has 0 aliphatic rings. The fraction of sp³-hybridized carbons (Fsp3) is 0.188. The van der Waals surface area contributed by atoms with Crippen LogP contribution in [0.5, 0.6) is 0 Å². The van der Waals surface area contributed by atoms with Crippen LogP contribution in [0, 0.1) is 20.8 Å². The molecule has 0 saturated carbocycles. The number of amides is 1. The zero-order valence-corrected chi connectivity index (χ0v) is 13.4. The minimum atomic E-state index is -0.123. The minimum absolute atomic E-state index is 0.123. The van der Waals surface area contributed by atoms with Gasteiger partial charge in [0.25, 0.3) is 5.91 Å². The second kappa shape index (κ2) is 5.73. The molecule has 112 valence electrons. The number of carbonyl (C=O) groups is 1. The van der Waals surface area contributed by atoms with Crippen LogP contribution in [0.4, 0.5) is 5.69 Å². The lowest BCUT2D eigenvalue weighted by atomic mass is 10.2. The minimum Gasteiger partial charge on any atom is -0.321 e. The molecule has 1 aromatic carbocycles. The number of benzene rings is 1. The van der Waals surface area contributed by atoms with E-state index >= 15 is 0 Å². The molecule has 2 heterocycles. The first-order chi connectivity index (χ1) is 10.6. The molecule has 0 aliphatic carbocycles. The number of thiazole rings is 1. The number of rotatable bonds is 3. The third-order valence-electron chi connectivity index (χ3n) is 3.61. The molecule has 0 bridgehead atoms. The summed E-state index contributed by atoms with van der Waals surface area (Å²) in [6, 6.07) is 7.70. The quantitative estimate of drug-likeness (QED) is 0.805. The van der Waals surface area contributed by atoms with Gasteiger partial charge < -0.3 is 9.88 Å². The van der Waals surface area contributed by atoms with Crippen molar-refractivity contribution in [3.05, 3.63) is 58.1 Å². The number of aromatic nitrogens is 3. The Morgan fingerprint density at radius 1 is 1.09 bits per heavy atom. The van der Waals surface area contributed by atoms with E-state index in [0.29, 0.717) is 4.88 Å². The molecule has 22 heavy (non-hydrogen) atoms. The van der Waals surface area contributed by atoms with E-state index in [-0.39, 0.29) is 5.91 Å². The topological polar surface area (TPSA) is 59.8 Å². The smallest absolute Gasteiger partial charge is 0.267 e. The van der Waals surface area contributed by atoms with Gasteiger partial charge in [-0.2, -0.15) is 0 Å². The molecule has 0 radical (unpaired) electrons. The summed E-state index contributed by atoms with van der Waals surface area (Å²) >= 11 is 1.35. The van der Waals surface area contributed by atoms with E-state index in [1.54, 1.807) is 11.8 Å². The first-order valence-corrected chi connectivity index (χ1v) is 7.76. The van der Waals surface area contributed by atoms with E-state index in [1.807, 2.05) is 49.6 Å². The van der Waals surface area contributed by atoms with Crippen LogP contribution in [0.25, 0.3) is 5.69 Å². The maximum absolute atomic E-state index is 12.2. The summed E-state index contributed by atoms with van der Waals surface area (Å²) in [7, 11) is 0. The van der Waals surface area contributed by atoms with Crippen molar-refractivity contribution in [2.45, 2.75) is 20.8 Å². The van der Waals surface area contributed by atoms with Gasteiger partial charge in [0, 0.05) is 17.1 Å². The average Bonchev–Trinajstić information content (AvgIpc) is 3.07. The highest BCUT2D eigenvalue weighted by atomic mass is 32.1. The Morgan fingerprint density at radius 2 is 1.82 bits per heavy atom. The van der Waals surface area contributed by atoms with Crippen molar-refractivity contribution in [1.29, 1.82) is 0 Å². The molecule has 3 aromatic rings. The molecule has 1 N–H and O–H groups in total. The Bertz CT molecular complexity index is 817. The van der Waals surface area contributed by atoms with Crippen LogP contribution >= 0.6 is 11.3 Å². The van der Waals surface area contributed by atoms with E-state index < -0.39 is 0 Å². The number of carbonyl (C=O) groups excluding carboxylic acids is 1. The second-order valence-electron chi connectivity index (χ2n) is 5.05. The number of nitrogens with one attached hydrogen (secondary N) is 1. The van der Waals surface area contributed by atoms with E-state index in [9.17, 15) is 4.79 Å². The van der Waals surface area contributed by atoms with Crippen LogP contribution in [-0.2, 0) is 0 Å². The van der Waals surface area contributed by atoms with Gasteiger partial charge in [0.1, 0.15) is 4.88 Å². The Hall–Kier alpha value is -2.47. The predicted molar refractivity (Wildman–Crippen MR) is 87.8 cm³/mol. The summed E-state index contributed by atoms with van der Waals surface area (Å²) in [5.41, 5.74) is 6.33. The molecule has 5 nitrogen and oxygen atoms in total. The highest BCUT2D eigenvalue weighted by Gasteiger charge is 2.12. The average molecular weight is 312 g/mol. The number of aryl methyl sites for hydroxylation is 2. The zero-order valence-electron chi connectivity index (χ0n) is 12.6. The molecule has 0 fully saturated rings. The lowest BCUT2D eigenvalue weighted by Crippen LogP contribution is -2.11. The fourth-order valence-electron chi connectivity index (χ4n) is 2.17. The number of hydrogen-bond acceptors (Lipinski definition) is 4. The van der Waals surface area contributed by atoms with Crippen molar-refractivity contribution in [3.63, 3.8) is 0 Å². The highest BCUT2D eigenvalue weighted by Crippen LogP contribution is 2.19. The number of anilines is 1. The molecule has 1 amide bonds. The SMILES string of the molecule is Cc1ncsc1C(=O)Nc1ccc(-n2cnc(C)c2C)cc1. The summed E-state index contributed by atoms with van der Waals surface area (Å²) in [5.74, 6) is -0.123. The van der Waals surface area contributed by atoms with Gasteiger partial charge in [-0.25, -0.2) is 9.97 Å². The van der Waals surface area contributed by atoms with Crippen LogP contribution in [0.3, 0.4) is 0 Å². The van der Waals surface area contributed by atoms with Gasteiger partial charge in [0.05, 0.1) is 23.2 Å². The second-order valence-corrected chi connectivity index (χ2v) is 5.91. The normalized spacial score (nSPS) is 10.7. The molecule has 2 aromatic heterocycles. The Morgan fingerprint density at radius 3 is 2.36 bits per heavy atom. The molecule has 0 atom stereocenters. The summed E-state index contributed by atoms with van der Waals surface area (Å²) in [4.78, 5) is 21.2. The lowest BCUT2D eigenvalue weighted by molar-refractivity contribution is 0.103. The van der Waals surface area contributed by atoms with Crippen molar-refractivity contribution in [1.82, 2.24) is 14.5 Å². The number of nitrogens with zero attached hydrogens (tertiary/aromatic N) is 3. The third-order valence-corrected chi connectivity index (χ3v) is 4.53. The summed E-state index contributed by atoms with van der Waals surface area (Å²) in [5, 5.41) is 2.89. The maximum atomic E-state index is 12.2. The van der Waals surface area contributed by atoms with E-state index in [1.165, 1.54) is 11.3 Å². The lowest BCUT2D eigenvalue weighted by Gasteiger charge is -2.08. The Labute approximate surface area is 132 Å². The van der Waals surface area contributed by atoms with Gasteiger partial charge in [0.15, 0.2) is 0 Å². The summed E-state index contributed by atoms with van der Waals surface area (Å²) in [6.07, 6.45) is 1.80. The van der Waals surface area contributed by atoms with Crippen molar-refractivity contribution in [2.75, 3.05) is 5.32 Å². The van der Waals surface area contributed by atoms with Gasteiger partial charge >= 0.3 is 0 Å². The molecular weight excluding hydrogens is 296 g/mol. The monoisotopic (exact) mass is 312 g/mol. The van der Waals surface area contributed by atoms with Crippen molar-refractivity contribution < 1.29 is 4.79 Å². The van der Waals surface area contributed by atoms with Gasteiger partial charge in [-0.1, -0.05) is 0 Å². The van der Waals surface area contributed by atoms with Crippen LogP contribution in [0.1, 0.15) is 26.8 Å². The van der Waals surface area contributed by atoms with Crippen LogP contribution in [0.2, 0.25) is 0 Å². The number of hydrogen-bond donors (Lipinski definition) is 1. The predicted octanol–water partition coefficient (Wildman–Crippen LogP) is 3.51. The van der Waals surface area contributed by atoms with Crippen LogP contribution < -0.4 is 5.32 Å². The standard InChI is InChI=1S/C16H16N4OS/c1-10-12(3)20(8-17-10)14-6-4-13(5-7-14)19-16(21)15-11(2)18-9-22-15/h4-9H,1-3H3,(H,19,21). The number of imidazole rings is 1. The zero-order chi connectivity index (χ0) is 15.7. The Balaban J connectivity index is 1.79. The molecule has 0 aliphatic heterocycles. The van der Waals surface area contributed by atoms with E-state index in [4.69, 9.17) is 0 Å².